The molecule has 9 heteroatoms. The molecule has 26 heavy (non-hydrogen) atoms. The van der Waals surface area contributed by atoms with Gasteiger partial charge in [0.1, 0.15) is 10.4 Å². The van der Waals surface area contributed by atoms with Crippen LogP contribution in [-0.2, 0) is 19.2 Å². The van der Waals surface area contributed by atoms with Crippen molar-refractivity contribution < 1.29 is 21.9 Å². The minimum atomic E-state index is -4.17. The fourth-order valence-electron chi connectivity index (χ4n) is 2.09. The quantitative estimate of drug-likeness (QED) is 0.469. The van der Waals surface area contributed by atoms with Gasteiger partial charge in [0.2, 0.25) is 5.71 Å². The first kappa shape index (κ1) is 18.1. The van der Waals surface area contributed by atoms with Gasteiger partial charge in [0.25, 0.3) is 5.89 Å². The molecule has 0 bridgehead atoms. The SMILES string of the molecule is CCC(=O)/C(=N\OS(=O)(=O)c1ccccc1)c1nc2ccc(Cl)cc2o1. The summed E-state index contributed by atoms with van der Waals surface area (Å²) in [6.07, 6.45) is 0.0626. The number of Topliss-reactive ketones (excluding diaryl/α,β-unsaturated/α-hetero) is 1. The van der Waals surface area contributed by atoms with Crippen LogP contribution in [0.2, 0.25) is 5.02 Å². The molecule has 3 rings (SSSR count). The van der Waals surface area contributed by atoms with E-state index in [0.29, 0.717) is 16.1 Å². The highest BCUT2D eigenvalue weighted by Gasteiger charge is 2.23. The van der Waals surface area contributed by atoms with E-state index in [1.807, 2.05) is 0 Å². The van der Waals surface area contributed by atoms with Crippen LogP contribution in [0.4, 0.5) is 0 Å². The Kier molecular flexibility index (Phi) is 5.06. The number of carbonyl (C=O) groups is 1. The minimum Gasteiger partial charge on any atom is -0.434 e. The Balaban J connectivity index is 2.00. The van der Waals surface area contributed by atoms with Crippen molar-refractivity contribution in [3.63, 3.8) is 0 Å². The van der Waals surface area contributed by atoms with Crippen LogP contribution in [-0.4, -0.2) is 24.9 Å². The Morgan fingerprint density at radius 3 is 2.65 bits per heavy atom. The first-order valence-corrected chi connectivity index (χ1v) is 9.35. The van der Waals surface area contributed by atoms with Crippen molar-refractivity contribution >= 4 is 44.3 Å². The molecule has 0 amide bonds. The van der Waals surface area contributed by atoms with Crippen molar-refractivity contribution in [2.75, 3.05) is 0 Å². The van der Waals surface area contributed by atoms with E-state index in [1.54, 1.807) is 37.3 Å². The molecule has 0 aliphatic heterocycles. The Hall–Kier alpha value is -2.71. The molecular weight excluding hydrogens is 380 g/mol. The van der Waals surface area contributed by atoms with Gasteiger partial charge in [-0.2, -0.15) is 8.42 Å². The number of oxime groups is 1. The summed E-state index contributed by atoms with van der Waals surface area (Å²) < 4.78 is 34.5. The molecule has 2 aromatic carbocycles. The lowest BCUT2D eigenvalue weighted by molar-refractivity contribution is -0.112. The van der Waals surface area contributed by atoms with E-state index >= 15 is 0 Å². The molecule has 0 aliphatic rings. The van der Waals surface area contributed by atoms with Gasteiger partial charge in [-0.05, 0) is 24.3 Å². The van der Waals surface area contributed by atoms with Crippen LogP contribution < -0.4 is 0 Å². The fraction of sp³-hybridized carbons (Fsp3) is 0.118. The van der Waals surface area contributed by atoms with Gasteiger partial charge in [-0.1, -0.05) is 41.9 Å². The van der Waals surface area contributed by atoms with Gasteiger partial charge in [0.05, 0.1) is 0 Å². The van der Waals surface area contributed by atoms with Gasteiger partial charge >= 0.3 is 10.1 Å². The molecular formula is C17H13ClN2O5S. The number of ketones is 1. The van der Waals surface area contributed by atoms with Crippen LogP contribution in [0.5, 0.6) is 0 Å². The maximum atomic E-state index is 12.2. The topological polar surface area (TPSA) is 98.8 Å². The van der Waals surface area contributed by atoms with Gasteiger partial charge < -0.3 is 4.42 Å². The summed E-state index contributed by atoms with van der Waals surface area (Å²) in [6.45, 7) is 1.60. The summed E-state index contributed by atoms with van der Waals surface area (Å²) >= 11 is 5.90. The van der Waals surface area contributed by atoms with E-state index in [4.69, 9.17) is 16.0 Å². The standard InChI is InChI=1S/C17H13ClN2O5S/c1-2-14(21)16(17-19-13-9-8-11(18)10-15(13)24-17)20-25-26(22,23)12-6-4-3-5-7-12/h3-10H,2H2,1H3/b20-16+. The van der Waals surface area contributed by atoms with Gasteiger partial charge in [0, 0.05) is 17.5 Å². The van der Waals surface area contributed by atoms with Crippen LogP contribution >= 0.6 is 11.6 Å². The predicted octanol–water partition coefficient (Wildman–Crippen LogP) is 3.57. The highest BCUT2D eigenvalue weighted by Crippen LogP contribution is 2.21. The number of nitrogens with zero attached hydrogens (tertiary/aromatic N) is 2. The first-order valence-electron chi connectivity index (χ1n) is 7.57. The number of fused-ring (bicyclic) bond motifs is 1. The molecule has 1 heterocycles. The molecule has 0 N–H and O–H groups in total. The highest BCUT2D eigenvalue weighted by molar-refractivity contribution is 7.86. The third-order valence-electron chi connectivity index (χ3n) is 3.40. The second-order valence-corrected chi connectivity index (χ2v) is 7.15. The predicted molar refractivity (Wildman–Crippen MR) is 95.6 cm³/mol. The lowest BCUT2D eigenvalue weighted by Crippen LogP contribution is -2.16. The zero-order chi connectivity index (χ0) is 18.7. The third-order valence-corrected chi connectivity index (χ3v) is 4.75. The van der Waals surface area contributed by atoms with Crippen LogP contribution in [0.3, 0.4) is 0 Å². The summed E-state index contributed by atoms with van der Waals surface area (Å²) in [4.78, 5) is 16.2. The summed E-state index contributed by atoms with van der Waals surface area (Å²) in [7, 11) is -4.17. The smallest absolute Gasteiger partial charge is 0.358 e. The molecule has 0 atom stereocenters. The van der Waals surface area contributed by atoms with Crippen molar-refractivity contribution in [3.8, 4) is 0 Å². The lowest BCUT2D eigenvalue weighted by Gasteiger charge is -2.03. The largest absolute Gasteiger partial charge is 0.434 e. The van der Waals surface area contributed by atoms with E-state index in [2.05, 4.69) is 14.4 Å². The summed E-state index contributed by atoms with van der Waals surface area (Å²) in [5.74, 6) is -0.622. The molecule has 0 saturated heterocycles. The van der Waals surface area contributed by atoms with Gasteiger partial charge in [-0.25, -0.2) is 4.98 Å². The van der Waals surface area contributed by atoms with Crippen LogP contribution in [0, 0.1) is 0 Å². The monoisotopic (exact) mass is 392 g/mol. The Bertz CT molecular complexity index is 1090. The van der Waals surface area contributed by atoms with Crippen LogP contribution in [0.25, 0.3) is 11.1 Å². The maximum Gasteiger partial charge on any atom is 0.358 e. The number of hydrogen-bond acceptors (Lipinski definition) is 7. The highest BCUT2D eigenvalue weighted by atomic mass is 35.5. The van der Waals surface area contributed by atoms with Gasteiger partial charge in [0.15, 0.2) is 11.4 Å². The second-order valence-electron chi connectivity index (χ2n) is 5.19. The molecule has 0 aliphatic carbocycles. The van der Waals surface area contributed by atoms with Crippen molar-refractivity contribution in [2.24, 2.45) is 5.16 Å². The first-order chi connectivity index (χ1) is 12.4. The number of carbonyl (C=O) groups excluding carboxylic acids is 1. The Morgan fingerprint density at radius 1 is 1.23 bits per heavy atom. The fourth-order valence-corrected chi connectivity index (χ4v) is 3.00. The van der Waals surface area contributed by atoms with E-state index < -0.39 is 15.9 Å². The van der Waals surface area contributed by atoms with E-state index in [9.17, 15) is 13.2 Å². The molecule has 0 radical (unpaired) electrons. The molecule has 1 aromatic heterocycles. The van der Waals surface area contributed by atoms with Gasteiger partial charge in [-0.15, -0.1) is 0 Å². The normalized spacial score (nSPS) is 12.3. The third kappa shape index (κ3) is 3.76. The molecule has 3 aromatic rings. The molecule has 0 fully saturated rings. The van der Waals surface area contributed by atoms with Crippen molar-refractivity contribution in [1.82, 2.24) is 4.98 Å². The molecule has 0 unspecified atom stereocenters. The zero-order valence-electron chi connectivity index (χ0n) is 13.5. The number of benzene rings is 2. The number of hydrogen-bond donors (Lipinski definition) is 0. The molecule has 0 spiro atoms. The summed E-state index contributed by atoms with van der Waals surface area (Å²) in [6, 6.07) is 12.2. The molecule has 134 valence electrons. The van der Waals surface area contributed by atoms with E-state index in [-0.39, 0.29) is 22.9 Å². The van der Waals surface area contributed by atoms with Crippen LogP contribution in [0.15, 0.2) is 63.0 Å². The average molecular weight is 393 g/mol. The summed E-state index contributed by atoms with van der Waals surface area (Å²) in [5.41, 5.74) is 0.473. The number of halogens is 1. The summed E-state index contributed by atoms with van der Waals surface area (Å²) in [5, 5.41) is 3.95. The maximum absolute atomic E-state index is 12.2. The van der Waals surface area contributed by atoms with Crippen molar-refractivity contribution in [2.45, 2.75) is 18.2 Å². The molecule has 7 nitrogen and oxygen atoms in total. The Morgan fingerprint density at radius 2 is 1.96 bits per heavy atom. The lowest BCUT2D eigenvalue weighted by atomic mass is 10.2. The van der Waals surface area contributed by atoms with E-state index in [1.165, 1.54) is 18.2 Å². The number of rotatable bonds is 6. The Labute approximate surface area is 154 Å². The van der Waals surface area contributed by atoms with Gasteiger partial charge in [-0.3, -0.25) is 9.08 Å². The van der Waals surface area contributed by atoms with Crippen LogP contribution in [0.1, 0.15) is 19.2 Å². The second kappa shape index (κ2) is 7.27. The van der Waals surface area contributed by atoms with Crippen molar-refractivity contribution in [1.29, 1.82) is 0 Å². The minimum absolute atomic E-state index is 0.0626. The average Bonchev–Trinajstić information content (AvgIpc) is 3.05. The van der Waals surface area contributed by atoms with Crippen molar-refractivity contribution in [3.05, 3.63) is 59.4 Å². The zero-order valence-corrected chi connectivity index (χ0v) is 15.1. The number of aromatic nitrogens is 1. The number of oxazole rings is 1. The van der Waals surface area contributed by atoms with E-state index in [0.717, 1.165) is 0 Å². The molecule has 0 saturated carbocycles.